The summed E-state index contributed by atoms with van der Waals surface area (Å²) < 4.78 is 0. The number of aliphatic hydroxyl groups excluding tert-OH is 1. The Hall–Kier alpha value is -0.570. The van der Waals surface area contributed by atoms with Crippen LogP contribution in [0.1, 0.15) is 25.0 Å². The minimum absolute atomic E-state index is 0.0288. The quantitative estimate of drug-likeness (QED) is 0.832. The number of benzene rings is 1. The van der Waals surface area contributed by atoms with E-state index in [4.69, 9.17) is 22.4 Å². The van der Waals surface area contributed by atoms with Crippen molar-refractivity contribution in [3.63, 3.8) is 0 Å². The molecule has 0 aliphatic heterocycles. The minimum Gasteiger partial charge on any atom is -0.395 e. The number of aryl methyl sites for hydroxylation is 1. The molecule has 0 saturated heterocycles. The van der Waals surface area contributed by atoms with Crippen molar-refractivity contribution in [2.24, 2.45) is 5.73 Å². The average Bonchev–Trinajstić information content (AvgIpc) is 2.20. The Morgan fingerprint density at radius 2 is 2.07 bits per heavy atom. The zero-order valence-electron chi connectivity index (χ0n) is 9.42. The first-order valence-electron chi connectivity index (χ1n) is 5.02. The summed E-state index contributed by atoms with van der Waals surface area (Å²) in [6.07, 6.45) is 0. The first-order valence-corrected chi connectivity index (χ1v) is 5.40. The van der Waals surface area contributed by atoms with E-state index in [0.717, 1.165) is 11.1 Å². The van der Waals surface area contributed by atoms with Crippen LogP contribution in [-0.4, -0.2) is 17.8 Å². The van der Waals surface area contributed by atoms with Crippen LogP contribution in [0.4, 0.5) is 0 Å². The van der Waals surface area contributed by atoms with E-state index in [0.29, 0.717) is 5.02 Å². The van der Waals surface area contributed by atoms with Crippen molar-refractivity contribution in [1.29, 1.82) is 0 Å². The van der Waals surface area contributed by atoms with Crippen LogP contribution in [0.25, 0.3) is 0 Å². The van der Waals surface area contributed by atoms with Crippen LogP contribution in [0.5, 0.6) is 0 Å². The second-order valence-electron chi connectivity index (χ2n) is 4.47. The monoisotopic (exact) mass is 227 g/mol. The van der Waals surface area contributed by atoms with Gasteiger partial charge in [0.05, 0.1) is 6.61 Å². The van der Waals surface area contributed by atoms with Crippen LogP contribution in [0.15, 0.2) is 18.2 Å². The Balaban J connectivity index is 3.19. The lowest BCUT2D eigenvalue weighted by molar-refractivity contribution is 0.219. The first kappa shape index (κ1) is 12.5. The van der Waals surface area contributed by atoms with Gasteiger partial charge in [-0.1, -0.05) is 31.5 Å². The molecule has 0 heterocycles. The van der Waals surface area contributed by atoms with Gasteiger partial charge in [-0.25, -0.2) is 0 Å². The van der Waals surface area contributed by atoms with Crippen molar-refractivity contribution in [3.05, 3.63) is 34.3 Å². The molecule has 2 nitrogen and oxygen atoms in total. The molecule has 0 saturated carbocycles. The SMILES string of the molecule is Cc1ccc(Cl)cc1C(C)(C)C(N)CO. The highest BCUT2D eigenvalue weighted by Gasteiger charge is 2.29. The van der Waals surface area contributed by atoms with Gasteiger partial charge in [0.1, 0.15) is 0 Å². The summed E-state index contributed by atoms with van der Waals surface area (Å²) in [6.45, 7) is 6.04. The van der Waals surface area contributed by atoms with Gasteiger partial charge in [-0.2, -0.15) is 0 Å². The van der Waals surface area contributed by atoms with E-state index >= 15 is 0 Å². The van der Waals surface area contributed by atoms with E-state index in [9.17, 15) is 0 Å². The van der Waals surface area contributed by atoms with Gasteiger partial charge >= 0.3 is 0 Å². The van der Waals surface area contributed by atoms with Gasteiger partial charge in [0.2, 0.25) is 0 Å². The highest BCUT2D eigenvalue weighted by Crippen LogP contribution is 2.30. The van der Waals surface area contributed by atoms with Crippen LogP contribution in [0.3, 0.4) is 0 Å². The molecule has 1 aromatic rings. The molecule has 3 heteroatoms. The summed E-state index contributed by atoms with van der Waals surface area (Å²) in [7, 11) is 0. The van der Waals surface area contributed by atoms with Crippen LogP contribution in [0.2, 0.25) is 5.02 Å². The third kappa shape index (κ3) is 2.51. The molecule has 0 radical (unpaired) electrons. The fourth-order valence-corrected chi connectivity index (χ4v) is 1.89. The Bertz CT molecular complexity index is 349. The number of halogens is 1. The van der Waals surface area contributed by atoms with E-state index < -0.39 is 0 Å². The second kappa shape index (κ2) is 4.52. The lowest BCUT2D eigenvalue weighted by Crippen LogP contribution is -2.44. The molecule has 0 fully saturated rings. The molecule has 0 bridgehead atoms. The fourth-order valence-electron chi connectivity index (χ4n) is 1.72. The summed E-state index contributed by atoms with van der Waals surface area (Å²) >= 11 is 5.97. The smallest absolute Gasteiger partial charge is 0.0591 e. The molecular formula is C12H18ClNO. The molecule has 0 amide bonds. The molecule has 0 aromatic heterocycles. The van der Waals surface area contributed by atoms with Crippen LogP contribution < -0.4 is 5.73 Å². The normalized spacial score (nSPS) is 14.0. The summed E-state index contributed by atoms with van der Waals surface area (Å²) in [5, 5.41) is 9.84. The zero-order valence-corrected chi connectivity index (χ0v) is 10.2. The van der Waals surface area contributed by atoms with Gasteiger partial charge in [0.15, 0.2) is 0 Å². The molecule has 1 atom stereocenters. The maximum absolute atomic E-state index is 9.13. The third-order valence-electron chi connectivity index (χ3n) is 3.02. The van der Waals surface area contributed by atoms with Crippen molar-refractivity contribution in [1.82, 2.24) is 0 Å². The van der Waals surface area contributed by atoms with Gasteiger partial charge in [-0.3, -0.25) is 0 Å². The predicted octanol–water partition coefficient (Wildman–Crippen LogP) is 2.25. The van der Waals surface area contributed by atoms with Crippen LogP contribution in [-0.2, 0) is 5.41 Å². The number of hydrogen-bond acceptors (Lipinski definition) is 2. The number of aliphatic hydroxyl groups is 1. The van der Waals surface area contributed by atoms with Gasteiger partial charge in [-0.05, 0) is 30.2 Å². The van der Waals surface area contributed by atoms with Crippen LogP contribution in [0, 0.1) is 6.92 Å². The Labute approximate surface area is 96.1 Å². The molecule has 0 spiro atoms. The van der Waals surface area contributed by atoms with Crippen molar-refractivity contribution in [2.75, 3.05) is 6.61 Å². The van der Waals surface area contributed by atoms with E-state index in [1.165, 1.54) is 0 Å². The second-order valence-corrected chi connectivity index (χ2v) is 4.91. The standard InChI is InChI=1S/C12H18ClNO/c1-8-4-5-9(13)6-10(8)12(2,3)11(14)7-15/h4-6,11,15H,7,14H2,1-3H3. The lowest BCUT2D eigenvalue weighted by atomic mass is 9.76. The third-order valence-corrected chi connectivity index (χ3v) is 3.25. The molecule has 0 aliphatic carbocycles. The summed E-state index contributed by atoms with van der Waals surface area (Å²) in [5.41, 5.74) is 7.88. The lowest BCUT2D eigenvalue weighted by Gasteiger charge is -2.32. The van der Waals surface area contributed by atoms with Gasteiger partial charge in [0, 0.05) is 16.5 Å². The molecule has 0 aliphatic rings. The van der Waals surface area contributed by atoms with Crippen LogP contribution >= 0.6 is 11.6 Å². The largest absolute Gasteiger partial charge is 0.395 e. The highest BCUT2D eigenvalue weighted by atomic mass is 35.5. The number of hydrogen-bond donors (Lipinski definition) is 2. The van der Waals surface area contributed by atoms with E-state index in [1.807, 2.05) is 39.0 Å². The van der Waals surface area contributed by atoms with Crippen molar-refractivity contribution in [3.8, 4) is 0 Å². The Morgan fingerprint density at radius 1 is 1.47 bits per heavy atom. The van der Waals surface area contributed by atoms with Crippen molar-refractivity contribution < 1.29 is 5.11 Å². The zero-order chi connectivity index (χ0) is 11.6. The topological polar surface area (TPSA) is 46.2 Å². The molecule has 1 aromatic carbocycles. The van der Waals surface area contributed by atoms with Gasteiger partial charge in [0.25, 0.3) is 0 Å². The highest BCUT2D eigenvalue weighted by molar-refractivity contribution is 6.30. The molecule has 1 unspecified atom stereocenters. The fraction of sp³-hybridized carbons (Fsp3) is 0.500. The van der Waals surface area contributed by atoms with E-state index in [-0.39, 0.29) is 18.1 Å². The van der Waals surface area contributed by atoms with Crippen molar-refractivity contribution >= 4 is 11.6 Å². The number of nitrogens with two attached hydrogens (primary N) is 1. The molecule has 1 rings (SSSR count). The van der Waals surface area contributed by atoms with Gasteiger partial charge in [-0.15, -0.1) is 0 Å². The average molecular weight is 228 g/mol. The Morgan fingerprint density at radius 3 is 2.60 bits per heavy atom. The molecular weight excluding hydrogens is 210 g/mol. The molecule has 15 heavy (non-hydrogen) atoms. The first-order chi connectivity index (χ1) is 6.89. The number of rotatable bonds is 3. The maximum atomic E-state index is 9.13. The van der Waals surface area contributed by atoms with E-state index in [1.54, 1.807) is 0 Å². The predicted molar refractivity (Wildman–Crippen MR) is 64.3 cm³/mol. The van der Waals surface area contributed by atoms with Crippen molar-refractivity contribution in [2.45, 2.75) is 32.2 Å². The Kier molecular flexibility index (Phi) is 3.77. The van der Waals surface area contributed by atoms with Gasteiger partial charge < -0.3 is 10.8 Å². The maximum Gasteiger partial charge on any atom is 0.0591 e. The van der Waals surface area contributed by atoms with E-state index in [2.05, 4.69) is 0 Å². The summed E-state index contributed by atoms with van der Waals surface area (Å²) in [6, 6.07) is 5.48. The minimum atomic E-state index is -0.283. The summed E-state index contributed by atoms with van der Waals surface area (Å²) in [5.74, 6) is 0. The summed E-state index contributed by atoms with van der Waals surface area (Å²) in [4.78, 5) is 0. The molecule has 3 N–H and O–H groups in total. The molecule has 84 valence electrons.